The maximum Gasteiger partial charge on any atom is 0.175 e. The summed E-state index contributed by atoms with van der Waals surface area (Å²) in [6.07, 6.45) is -0.556. The predicted octanol–water partition coefficient (Wildman–Crippen LogP) is 2.25. The van der Waals surface area contributed by atoms with Crippen molar-refractivity contribution in [3.05, 3.63) is 22.2 Å². The van der Waals surface area contributed by atoms with Crippen LogP contribution in [0.25, 0.3) is 0 Å². The molecule has 1 unspecified atom stereocenters. The van der Waals surface area contributed by atoms with Crippen molar-refractivity contribution in [3.63, 3.8) is 0 Å². The Hall–Kier alpha value is -0.780. The van der Waals surface area contributed by atoms with E-state index in [1.807, 2.05) is 26.0 Å². The molecular formula is C13H18BrNO3. The number of hydrogen-bond acceptors (Lipinski definition) is 4. The third-order valence-electron chi connectivity index (χ3n) is 2.72. The van der Waals surface area contributed by atoms with Crippen LogP contribution in [0, 0.1) is 0 Å². The number of benzene rings is 1. The van der Waals surface area contributed by atoms with E-state index in [-0.39, 0.29) is 0 Å². The van der Waals surface area contributed by atoms with Crippen LogP contribution in [0.1, 0.15) is 25.5 Å². The molecule has 1 heterocycles. The topological polar surface area (TPSA) is 50.7 Å². The van der Waals surface area contributed by atoms with Crippen LogP contribution in [-0.2, 0) is 0 Å². The Morgan fingerprint density at radius 2 is 2.06 bits per heavy atom. The molecule has 2 rings (SSSR count). The molecule has 1 aliphatic rings. The van der Waals surface area contributed by atoms with Crippen molar-refractivity contribution in [2.45, 2.75) is 26.0 Å². The maximum atomic E-state index is 10.1. The monoisotopic (exact) mass is 315 g/mol. The van der Waals surface area contributed by atoms with Gasteiger partial charge >= 0.3 is 0 Å². The molecule has 2 N–H and O–H groups in total. The second-order valence-electron chi connectivity index (χ2n) is 4.61. The molecule has 0 saturated carbocycles. The molecule has 0 bridgehead atoms. The number of aliphatic hydroxyl groups excluding tert-OH is 1. The molecule has 0 saturated heterocycles. The third kappa shape index (κ3) is 3.16. The van der Waals surface area contributed by atoms with Crippen LogP contribution in [0.4, 0.5) is 0 Å². The van der Waals surface area contributed by atoms with E-state index in [1.54, 1.807) is 0 Å². The van der Waals surface area contributed by atoms with E-state index in [4.69, 9.17) is 9.47 Å². The minimum atomic E-state index is -0.556. The Morgan fingerprint density at radius 1 is 1.33 bits per heavy atom. The van der Waals surface area contributed by atoms with Gasteiger partial charge < -0.3 is 19.9 Å². The molecule has 1 atom stereocenters. The summed E-state index contributed by atoms with van der Waals surface area (Å²) in [5.74, 6) is 1.41. The van der Waals surface area contributed by atoms with Crippen LogP contribution in [0.2, 0.25) is 0 Å². The van der Waals surface area contributed by atoms with E-state index in [0.717, 1.165) is 10.0 Å². The highest BCUT2D eigenvalue weighted by Gasteiger charge is 2.19. The Kier molecular flexibility index (Phi) is 4.48. The van der Waals surface area contributed by atoms with Gasteiger partial charge in [0.15, 0.2) is 11.5 Å². The first-order valence-electron chi connectivity index (χ1n) is 6.08. The van der Waals surface area contributed by atoms with Gasteiger partial charge in [-0.25, -0.2) is 0 Å². The average molecular weight is 316 g/mol. The minimum absolute atomic E-state index is 0.348. The predicted molar refractivity (Wildman–Crippen MR) is 73.2 cm³/mol. The molecular weight excluding hydrogens is 298 g/mol. The zero-order valence-electron chi connectivity index (χ0n) is 10.6. The first-order valence-corrected chi connectivity index (χ1v) is 6.87. The molecule has 1 aromatic carbocycles. The van der Waals surface area contributed by atoms with Gasteiger partial charge in [0.05, 0.1) is 10.6 Å². The van der Waals surface area contributed by atoms with E-state index in [9.17, 15) is 5.11 Å². The number of nitrogens with one attached hydrogen (secondary N) is 1. The largest absolute Gasteiger partial charge is 0.486 e. The van der Waals surface area contributed by atoms with Gasteiger partial charge in [-0.2, -0.15) is 0 Å². The van der Waals surface area contributed by atoms with Crippen LogP contribution in [0.15, 0.2) is 16.6 Å². The second kappa shape index (κ2) is 5.91. The Labute approximate surface area is 115 Å². The van der Waals surface area contributed by atoms with Crippen molar-refractivity contribution in [3.8, 4) is 11.5 Å². The molecule has 0 radical (unpaired) electrons. The van der Waals surface area contributed by atoms with Gasteiger partial charge in [-0.1, -0.05) is 13.8 Å². The summed E-state index contributed by atoms with van der Waals surface area (Å²) in [7, 11) is 0. The van der Waals surface area contributed by atoms with Crippen molar-refractivity contribution >= 4 is 15.9 Å². The Bertz CT molecular complexity index is 423. The van der Waals surface area contributed by atoms with Crippen molar-refractivity contribution < 1.29 is 14.6 Å². The SMILES string of the molecule is CC(C)NCC(O)c1cc(Br)c2c(c1)OCCO2. The molecule has 0 spiro atoms. The number of hydrogen-bond donors (Lipinski definition) is 2. The summed E-state index contributed by atoms with van der Waals surface area (Å²) in [6.45, 7) is 5.72. The van der Waals surface area contributed by atoms with E-state index in [1.165, 1.54) is 0 Å². The summed E-state index contributed by atoms with van der Waals surface area (Å²) in [5, 5.41) is 13.3. The van der Waals surface area contributed by atoms with E-state index in [2.05, 4.69) is 21.2 Å². The van der Waals surface area contributed by atoms with E-state index >= 15 is 0 Å². The average Bonchev–Trinajstić information content (AvgIpc) is 2.36. The molecule has 0 aliphatic carbocycles. The quantitative estimate of drug-likeness (QED) is 0.895. The highest BCUT2D eigenvalue weighted by Crippen LogP contribution is 2.39. The van der Waals surface area contributed by atoms with Gasteiger partial charge in [0.2, 0.25) is 0 Å². The van der Waals surface area contributed by atoms with E-state index in [0.29, 0.717) is 37.3 Å². The number of rotatable bonds is 4. The van der Waals surface area contributed by atoms with Crippen LogP contribution < -0.4 is 14.8 Å². The first kappa shape index (κ1) is 13.6. The van der Waals surface area contributed by atoms with Crippen LogP contribution in [0.5, 0.6) is 11.5 Å². The number of aliphatic hydroxyl groups is 1. The van der Waals surface area contributed by atoms with E-state index < -0.39 is 6.10 Å². The van der Waals surface area contributed by atoms with Crippen molar-refractivity contribution in [2.24, 2.45) is 0 Å². The summed E-state index contributed by atoms with van der Waals surface area (Å²) >= 11 is 3.44. The first-order chi connectivity index (χ1) is 8.58. The molecule has 18 heavy (non-hydrogen) atoms. The lowest BCUT2D eigenvalue weighted by molar-refractivity contribution is 0.161. The van der Waals surface area contributed by atoms with Crippen LogP contribution in [0.3, 0.4) is 0 Å². The Morgan fingerprint density at radius 3 is 2.78 bits per heavy atom. The summed E-state index contributed by atoms with van der Waals surface area (Å²) in [4.78, 5) is 0. The molecule has 5 heteroatoms. The molecule has 0 amide bonds. The fourth-order valence-electron chi connectivity index (χ4n) is 1.79. The second-order valence-corrected chi connectivity index (χ2v) is 5.46. The smallest absolute Gasteiger partial charge is 0.175 e. The number of ether oxygens (including phenoxy) is 2. The zero-order chi connectivity index (χ0) is 13.1. The molecule has 0 aromatic heterocycles. The van der Waals surface area contributed by atoms with Gasteiger partial charge in [-0.3, -0.25) is 0 Å². The number of halogens is 1. The van der Waals surface area contributed by atoms with Crippen LogP contribution >= 0.6 is 15.9 Å². The van der Waals surface area contributed by atoms with Gasteiger partial charge in [0.1, 0.15) is 13.2 Å². The zero-order valence-corrected chi connectivity index (χ0v) is 12.2. The summed E-state index contributed by atoms with van der Waals surface area (Å²) in [5.41, 5.74) is 0.819. The normalized spacial score (nSPS) is 15.8. The van der Waals surface area contributed by atoms with Crippen molar-refractivity contribution in [1.29, 1.82) is 0 Å². The fraction of sp³-hybridized carbons (Fsp3) is 0.538. The van der Waals surface area contributed by atoms with Crippen LogP contribution in [-0.4, -0.2) is 30.9 Å². The Balaban J connectivity index is 2.16. The standard InChI is InChI=1S/C13H18BrNO3/c1-8(2)15-7-11(16)9-5-10(14)13-12(6-9)17-3-4-18-13/h5-6,8,11,15-16H,3-4,7H2,1-2H3. The molecule has 4 nitrogen and oxygen atoms in total. The molecule has 100 valence electrons. The van der Waals surface area contributed by atoms with Crippen molar-refractivity contribution in [2.75, 3.05) is 19.8 Å². The third-order valence-corrected chi connectivity index (χ3v) is 3.31. The minimum Gasteiger partial charge on any atom is -0.486 e. The molecule has 1 aromatic rings. The van der Waals surface area contributed by atoms with Crippen molar-refractivity contribution in [1.82, 2.24) is 5.32 Å². The summed E-state index contributed by atoms with van der Waals surface area (Å²) < 4.78 is 11.9. The highest BCUT2D eigenvalue weighted by atomic mass is 79.9. The lowest BCUT2D eigenvalue weighted by Gasteiger charge is -2.22. The van der Waals surface area contributed by atoms with Gasteiger partial charge in [-0.05, 0) is 33.6 Å². The lowest BCUT2D eigenvalue weighted by atomic mass is 10.1. The van der Waals surface area contributed by atoms with Gasteiger partial charge in [0.25, 0.3) is 0 Å². The fourth-order valence-corrected chi connectivity index (χ4v) is 2.36. The lowest BCUT2D eigenvalue weighted by Crippen LogP contribution is -2.28. The highest BCUT2D eigenvalue weighted by molar-refractivity contribution is 9.10. The molecule has 0 fully saturated rings. The van der Waals surface area contributed by atoms with Gasteiger partial charge in [-0.15, -0.1) is 0 Å². The van der Waals surface area contributed by atoms with Gasteiger partial charge in [0, 0.05) is 12.6 Å². The number of fused-ring (bicyclic) bond motifs is 1. The maximum absolute atomic E-state index is 10.1. The summed E-state index contributed by atoms with van der Waals surface area (Å²) in [6, 6.07) is 4.06. The molecule has 1 aliphatic heterocycles.